The van der Waals surface area contributed by atoms with Gasteiger partial charge in [0.05, 0.1) is 0 Å². The molecule has 82 heavy (non-hydrogen) atoms. The van der Waals surface area contributed by atoms with Gasteiger partial charge in [-0.2, -0.15) is 0 Å². The van der Waals surface area contributed by atoms with E-state index in [0.717, 1.165) is 12.8 Å². The summed E-state index contributed by atoms with van der Waals surface area (Å²) in [5.41, 5.74) is 30.1. The van der Waals surface area contributed by atoms with Crippen LogP contribution in [0.3, 0.4) is 0 Å². The average molecular weight is 1040 g/mol. The van der Waals surface area contributed by atoms with Crippen LogP contribution in [-0.2, 0) is 12.8 Å². The molecular formula is C82H56. The van der Waals surface area contributed by atoms with Crippen molar-refractivity contribution < 1.29 is 0 Å². The Morgan fingerprint density at radius 1 is 0.134 bits per heavy atom. The zero-order chi connectivity index (χ0) is 54.3. The summed E-state index contributed by atoms with van der Waals surface area (Å²) in [6.07, 6.45) is 1.45. The molecule has 0 aromatic heterocycles. The minimum Gasteiger partial charge on any atom is -0.0622 e. The predicted octanol–water partition coefficient (Wildman–Crippen LogP) is 22.2. The second kappa shape index (κ2) is 21.0. The summed E-state index contributed by atoms with van der Waals surface area (Å²) in [5.74, 6) is 0. The quantitative estimate of drug-likeness (QED) is 0.120. The van der Waals surface area contributed by atoms with E-state index < -0.39 is 0 Å². The van der Waals surface area contributed by atoms with E-state index >= 15 is 0 Å². The molecule has 0 atom stereocenters. The molecule has 14 aromatic rings. The molecule has 0 nitrogen and oxygen atoms in total. The highest BCUT2D eigenvalue weighted by molar-refractivity contribution is 6.24. The van der Waals surface area contributed by atoms with Crippen molar-refractivity contribution in [3.05, 3.63) is 338 Å². The van der Waals surface area contributed by atoms with Crippen molar-refractivity contribution in [3.8, 4) is 111 Å². The monoisotopic (exact) mass is 1040 g/mol. The Balaban J connectivity index is 1.17. The average Bonchev–Trinajstić information content (AvgIpc) is 2.47. The third-order valence-corrected chi connectivity index (χ3v) is 17.0. The van der Waals surface area contributed by atoms with Crippen LogP contribution >= 0.6 is 0 Å². The van der Waals surface area contributed by atoms with Crippen molar-refractivity contribution >= 4 is 21.5 Å². The second-order valence-electron chi connectivity index (χ2n) is 21.6. The molecule has 14 aromatic carbocycles. The summed E-state index contributed by atoms with van der Waals surface area (Å²) < 4.78 is 0. The normalized spacial score (nSPS) is 11.8. The highest BCUT2D eigenvalue weighted by Gasteiger charge is 2.35. The summed E-state index contributed by atoms with van der Waals surface area (Å²) in [7, 11) is 0. The Morgan fingerprint density at radius 3 is 0.500 bits per heavy atom. The van der Waals surface area contributed by atoms with Crippen LogP contribution in [0.1, 0.15) is 22.3 Å². The Kier molecular flexibility index (Phi) is 12.5. The van der Waals surface area contributed by atoms with E-state index in [1.165, 1.54) is 155 Å². The van der Waals surface area contributed by atoms with Gasteiger partial charge in [-0.15, -0.1) is 0 Å². The lowest BCUT2D eigenvalue weighted by molar-refractivity contribution is 1.02. The fourth-order valence-electron chi connectivity index (χ4n) is 13.7. The van der Waals surface area contributed by atoms with Gasteiger partial charge in [0.1, 0.15) is 0 Å². The van der Waals surface area contributed by atoms with Gasteiger partial charge >= 0.3 is 0 Å². The Morgan fingerprint density at radius 2 is 0.280 bits per heavy atom. The first-order valence-electron chi connectivity index (χ1n) is 28.7. The maximum Gasteiger partial charge on any atom is -0.000684 e. The SMILES string of the molecule is c1ccc(-c2c3c(c(-c4ccccc4)c(-c4ccccc4)c2-c2ccccc2)Cc2c(c(-c4ccccc4)c4cc5c(-c6ccccc6)c(-c6ccccc6)c(-c6ccccc6)c(-c6ccccc6)c5cc4c2-c2ccccc2)C3)cc1. The number of fused-ring (bicyclic) bond motifs is 4. The predicted molar refractivity (Wildman–Crippen MR) is 348 cm³/mol. The molecule has 0 saturated heterocycles. The molecule has 0 aliphatic heterocycles. The van der Waals surface area contributed by atoms with E-state index in [1.54, 1.807) is 0 Å². The highest BCUT2D eigenvalue weighted by Crippen LogP contribution is 2.57. The van der Waals surface area contributed by atoms with Crippen LogP contribution in [0.15, 0.2) is 315 Å². The number of benzene rings is 14. The minimum absolute atomic E-state index is 0.727. The van der Waals surface area contributed by atoms with Gasteiger partial charge in [0, 0.05) is 0 Å². The van der Waals surface area contributed by atoms with Crippen LogP contribution in [0, 0.1) is 0 Å². The summed E-state index contributed by atoms with van der Waals surface area (Å²) in [6.45, 7) is 0. The van der Waals surface area contributed by atoms with Crippen LogP contribution in [0.5, 0.6) is 0 Å². The van der Waals surface area contributed by atoms with Crippen molar-refractivity contribution in [2.45, 2.75) is 12.8 Å². The molecular weight excluding hydrogens is 985 g/mol. The van der Waals surface area contributed by atoms with E-state index in [9.17, 15) is 0 Å². The third-order valence-electron chi connectivity index (χ3n) is 17.0. The van der Waals surface area contributed by atoms with Crippen LogP contribution < -0.4 is 0 Å². The lowest BCUT2D eigenvalue weighted by atomic mass is 9.69. The molecule has 0 spiro atoms. The minimum atomic E-state index is 0.727. The summed E-state index contributed by atoms with van der Waals surface area (Å²) in [4.78, 5) is 0. The zero-order valence-electron chi connectivity index (χ0n) is 45.4. The fraction of sp³-hybridized carbons (Fsp3) is 0.0244. The van der Waals surface area contributed by atoms with Gasteiger partial charge in [0.2, 0.25) is 0 Å². The van der Waals surface area contributed by atoms with Gasteiger partial charge in [0.25, 0.3) is 0 Å². The summed E-state index contributed by atoms with van der Waals surface area (Å²) in [5, 5.41) is 4.93. The van der Waals surface area contributed by atoms with E-state index in [2.05, 4.69) is 315 Å². The van der Waals surface area contributed by atoms with Crippen LogP contribution in [-0.4, -0.2) is 0 Å². The lowest BCUT2D eigenvalue weighted by Gasteiger charge is -2.34. The maximum atomic E-state index is 2.60. The van der Waals surface area contributed by atoms with Gasteiger partial charge < -0.3 is 0 Å². The largest absolute Gasteiger partial charge is 0.0622 e. The molecule has 1 aliphatic rings. The molecule has 0 unspecified atom stereocenters. The summed E-state index contributed by atoms with van der Waals surface area (Å²) >= 11 is 0. The van der Waals surface area contributed by atoms with E-state index in [4.69, 9.17) is 0 Å². The fourth-order valence-corrected chi connectivity index (χ4v) is 13.7. The molecule has 0 saturated carbocycles. The number of hydrogen-bond acceptors (Lipinski definition) is 0. The molecule has 0 bridgehead atoms. The molecule has 0 N–H and O–H groups in total. The highest BCUT2D eigenvalue weighted by atomic mass is 14.4. The van der Waals surface area contributed by atoms with Gasteiger partial charge in [-0.25, -0.2) is 0 Å². The first-order valence-corrected chi connectivity index (χ1v) is 28.7. The number of hydrogen-bond donors (Lipinski definition) is 0. The first kappa shape index (κ1) is 48.7. The van der Waals surface area contributed by atoms with E-state index in [1.807, 2.05) is 0 Å². The van der Waals surface area contributed by atoms with Crippen molar-refractivity contribution in [2.75, 3.05) is 0 Å². The molecule has 0 heteroatoms. The standard InChI is InChI=1S/C82H56/c1-11-31-55(32-12-1)73-65-51-69-71(77(59-39-19-5-20-40-59)81(63-47-27-9-28-48-63)79(61-43-23-7-24-44-61)75(69)57-35-15-3-16-36-57)53-67(65)74(56-33-13-2-14-34-56)68-54-72-70(52-66(68)73)76(58-37-17-4-18-38-58)80(62-45-25-8-26-46-62)82(64-49-29-10-30-50-64)78(72)60-41-21-6-22-42-60/h1-51,53H,52,54H2. The number of rotatable bonds is 10. The van der Waals surface area contributed by atoms with Crippen LogP contribution in [0.2, 0.25) is 0 Å². The molecule has 0 fully saturated rings. The van der Waals surface area contributed by atoms with E-state index in [0.29, 0.717) is 0 Å². The summed E-state index contributed by atoms with van der Waals surface area (Å²) in [6, 6.07) is 117. The topological polar surface area (TPSA) is 0 Å². The maximum absolute atomic E-state index is 2.60. The van der Waals surface area contributed by atoms with Crippen molar-refractivity contribution in [2.24, 2.45) is 0 Å². The Bertz CT molecular complexity index is 4320. The zero-order valence-corrected chi connectivity index (χ0v) is 45.4. The van der Waals surface area contributed by atoms with Gasteiger partial charge in [0.15, 0.2) is 0 Å². The molecule has 1 aliphatic carbocycles. The molecule has 15 rings (SSSR count). The van der Waals surface area contributed by atoms with Gasteiger partial charge in [-0.05, 0) is 180 Å². The molecule has 0 amide bonds. The van der Waals surface area contributed by atoms with Crippen LogP contribution in [0.25, 0.3) is 133 Å². The Labute approximate surface area is 480 Å². The first-order chi connectivity index (χ1) is 40.8. The lowest BCUT2D eigenvalue weighted by Crippen LogP contribution is -2.16. The third kappa shape index (κ3) is 8.39. The van der Waals surface area contributed by atoms with Gasteiger partial charge in [-0.3, -0.25) is 0 Å². The van der Waals surface area contributed by atoms with Crippen molar-refractivity contribution in [1.82, 2.24) is 0 Å². The molecule has 0 heterocycles. The molecule has 0 radical (unpaired) electrons. The van der Waals surface area contributed by atoms with Crippen molar-refractivity contribution in [1.29, 1.82) is 0 Å². The van der Waals surface area contributed by atoms with E-state index in [-0.39, 0.29) is 0 Å². The Hall–Kier alpha value is -10.4. The van der Waals surface area contributed by atoms with Crippen LogP contribution in [0.4, 0.5) is 0 Å². The smallest absolute Gasteiger partial charge is 0.000684 e. The van der Waals surface area contributed by atoms with Crippen molar-refractivity contribution in [3.63, 3.8) is 0 Å². The molecule has 384 valence electrons. The van der Waals surface area contributed by atoms with Gasteiger partial charge in [-0.1, -0.05) is 303 Å². The second-order valence-corrected chi connectivity index (χ2v) is 21.6.